The molecule has 0 bridgehead atoms. The van der Waals surface area contributed by atoms with E-state index in [2.05, 4.69) is 11.9 Å². The zero-order valence-corrected chi connectivity index (χ0v) is 11.8. The van der Waals surface area contributed by atoms with Crippen LogP contribution in [-0.2, 0) is 11.2 Å². The van der Waals surface area contributed by atoms with Crippen LogP contribution in [0.15, 0.2) is 35.7 Å². The van der Waals surface area contributed by atoms with Crippen LogP contribution in [0.2, 0.25) is 0 Å². The van der Waals surface area contributed by atoms with E-state index >= 15 is 0 Å². The number of rotatable bonds is 4. The minimum atomic E-state index is -4.85. The Morgan fingerprint density at radius 2 is 2.05 bits per heavy atom. The molecule has 1 aromatic carbocycles. The maximum atomic E-state index is 12.5. The molecule has 2 atom stereocenters. The maximum Gasteiger partial charge on any atom is 0.578 e. The van der Waals surface area contributed by atoms with E-state index in [0.29, 0.717) is 5.56 Å². The summed E-state index contributed by atoms with van der Waals surface area (Å²) in [5, 5.41) is 2.54. The number of hydrogen-bond donors (Lipinski definition) is 1. The highest BCUT2D eigenvalue weighted by Crippen LogP contribution is 2.31. The highest BCUT2D eigenvalue weighted by molar-refractivity contribution is 7.92. The van der Waals surface area contributed by atoms with Gasteiger partial charge in [0.2, 0.25) is 0 Å². The van der Waals surface area contributed by atoms with Crippen molar-refractivity contribution < 1.29 is 22.5 Å². The molecule has 0 saturated carbocycles. The predicted molar refractivity (Wildman–Crippen MR) is 70.8 cm³/mol. The first-order valence-corrected chi connectivity index (χ1v) is 6.84. The Bertz CT molecular complexity index is 517. The minimum Gasteiger partial charge on any atom is -0.604 e. The molecule has 0 heterocycles. The zero-order valence-electron chi connectivity index (χ0n) is 11.0. The standard InChI is InChI=1S/C13H14F3NO2S/c1-4-9(3)17-12(18)10-5-8(2)6-11(7-10)20(19)13(14,15)16/h4-7,9H,1H2,2-3H3,(H,17,18). The Labute approximate surface area is 118 Å². The van der Waals surface area contributed by atoms with Gasteiger partial charge in [-0.15, -0.1) is 19.8 Å². The maximum absolute atomic E-state index is 12.5. The zero-order chi connectivity index (χ0) is 15.5. The number of amides is 1. The summed E-state index contributed by atoms with van der Waals surface area (Å²) in [7, 11) is 0. The van der Waals surface area contributed by atoms with Crippen LogP contribution in [0.1, 0.15) is 22.8 Å². The minimum absolute atomic E-state index is 0.0336. The SMILES string of the molecule is C=CC(C)NC(=O)c1cc(C)cc([S+]([O-])C(F)(F)F)c1. The summed E-state index contributed by atoms with van der Waals surface area (Å²) in [5.41, 5.74) is -4.39. The third-order valence-electron chi connectivity index (χ3n) is 2.45. The van der Waals surface area contributed by atoms with Gasteiger partial charge in [0.05, 0.1) is 11.2 Å². The Balaban J connectivity index is 3.09. The number of halogens is 3. The van der Waals surface area contributed by atoms with Crippen LogP contribution in [0.3, 0.4) is 0 Å². The molecule has 0 radical (unpaired) electrons. The van der Waals surface area contributed by atoms with Crippen molar-refractivity contribution in [2.24, 2.45) is 0 Å². The number of alkyl halides is 3. The molecule has 0 aliphatic carbocycles. The van der Waals surface area contributed by atoms with E-state index in [1.165, 1.54) is 19.1 Å². The molecule has 0 aliphatic rings. The van der Waals surface area contributed by atoms with Gasteiger partial charge >= 0.3 is 5.51 Å². The van der Waals surface area contributed by atoms with Crippen LogP contribution in [-0.4, -0.2) is 22.0 Å². The average molecular weight is 305 g/mol. The van der Waals surface area contributed by atoms with Crippen LogP contribution in [0, 0.1) is 6.92 Å². The molecule has 1 amide bonds. The molecule has 0 aromatic heterocycles. The largest absolute Gasteiger partial charge is 0.604 e. The van der Waals surface area contributed by atoms with Gasteiger partial charge in [0.25, 0.3) is 5.91 Å². The molecule has 1 rings (SSSR count). The summed E-state index contributed by atoms with van der Waals surface area (Å²) >= 11 is -3.15. The number of benzene rings is 1. The van der Waals surface area contributed by atoms with E-state index in [0.717, 1.165) is 12.1 Å². The van der Waals surface area contributed by atoms with Crippen LogP contribution < -0.4 is 5.32 Å². The first kappa shape index (κ1) is 16.6. The van der Waals surface area contributed by atoms with E-state index in [-0.39, 0.29) is 11.6 Å². The Morgan fingerprint density at radius 3 is 2.55 bits per heavy atom. The first-order chi connectivity index (χ1) is 9.15. The van der Waals surface area contributed by atoms with Gasteiger partial charge < -0.3 is 9.87 Å². The lowest BCUT2D eigenvalue weighted by Gasteiger charge is -2.14. The summed E-state index contributed by atoms with van der Waals surface area (Å²) in [4.78, 5) is 11.4. The van der Waals surface area contributed by atoms with Crippen molar-refractivity contribution in [3.05, 3.63) is 42.0 Å². The Morgan fingerprint density at radius 1 is 1.45 bits per heavy atom. The lowest BCUT2D eigenvalue weighted by Crippen LogP contribution is -2.31. The molecular weight excluding hydrogens is 291 g/mol. The number of carbonyl (C=O) groups excluding carboxylic acids is 1. The number of nitrogens with one attached hydrogen (secondary N) is 1. The molecule has 0 aliphatic heterocycles. The third kappa shape index (κ3) is 4.28. The molecular formula is C13H14F3NO2S. The number of hydrogen-bond acceptors (Lipinski definition) is 2. The lowest BCUT2D eigenvalue weighted by atomic mass is 10.1. The monoisotopic (exact) mass is 305 g/mol. The van der Waals surface area contributed by atoms with Gasteiger partial charge in [0.15, 0.2) is 4.90 Å². The Hall–Kier alpha value is -1.47. The molecule has 20 heavy (non-hydrogen) atoms. The van der Waals surface area contributed by atoms with Crippen molar-refractivity contribution in [3.63, 3.8) is 0 Å². The van der Waals surface area contributed by atoms with Gasteiger partial charge in [-0.05, 0) is 31.5 Å². The van der Waals surface area contributed by atoms with Crippen molar-refractivity contribution in [1.29, 1.82) is 0 Å². The molecule has 0 spiro atoms. The van der Waals surface area contributed by atoms with E-state index in [1.54, 1.807) is 6.92 Å². The highest BCUT2D eigenvalue weighted by Gasteiger charge is 2.46. The number of carbonyl (C=O) groups is 1. The molecule has 110 valence electrons. The van der Waals surface area contributed by atoms with Crippen LogP contribution >= 0.6 is 0 Å². The summed E-state index contributed by atoms with van der Waals surface area (Å²) < 4.78 is 48.7. The van der Waals surface area contributed by atoms with Gasteiger partial charge in [-0.2, -0.15) is 0 Å². The van der Waals surface area contributed by atoms with E-state index < -0.39 is 27.5 Å². The summed E-state index contributed by atoms with van der Waals surface area (Å²) in [6.07, 6.45) is 1.49. The van der Waals surface area contributed by atoms with Gasteiger partial charge in [0.1, 0.15) is 0 Å². The Kier molecular flexibility index (Phi) is 5.24. The molecule has 1 N–H and O–H groups in total. The molecule has 7 heteroatoms. The van der Waals surface area contributed by atoms with Crippen molar-refractivity contribution in [3.8, 4) is 0 Å². The van der Waals surface area contributed by atoms with Crippen LogP contribution in [0.4, 0.5) is 13.2 Å². The lowest BCUT2D eigenvalue weighted by molar-refractivity contribution is -0.0435. The van der Waals surface area contributed by atoms with Crippen molar-refractivity contribution in [2.45, 2.75) is 30.3 Å². The van der Waals surface area contributed by atoms with Gasteiger partial charge in [-0.3, -0.25) is 4.79 Å². The van der Waals surface area contributed by atoms with Crippen molar-refractivity contribution in [2.75, 3.05) is 0 Å². The topological polar surface area (TPSA) is 52.2 Å². The smallest absolute Gasteiger partial charge is 0.578 e. The predicted octanol–water partition coefficient (Wildman–Crippen LogP) is 2.93. The number of aryl methyl sites for hydroxylation is 1. The molecule has 1 aromatic rings. The second-order valence-electron chi connectivity index (χ2n) is 4.25. The van der Waals surface area contributed by atoms with Crippen LogP contribution in [0.5, 0.6) is 0 Å². The normalized spacial score (nSPS) is 14.5. The quantitative estimate of drug-likeness (QED) is 0.687. The van der Waals surface area contributed by atoms with Crippen molar-refractivity contribution in [1.82, 2.24) is 5.32 Å². The summed E-state index contributed by atoms with van der Waals surface area (Å²) in [6.45, 7) is 6.70. The van der Waals surface area contributed by atoms with Crippen LogP contribution in [0.25, 0.3) is 0 Å². The van der Waals surface area contributed by atoms with E-state index in [4.69, 9.17) is 0 Å². The van der Waals surface area contributed by atoms with Gasteiger partial charge in [-0.25, -0.2) is 0 Å². The summed E-state index contributed by atoms with van der Waals surface area (Å²) in [6, 6.07) is 3.25. The average Bonchev–Trinajstić information content (AvgIpc) is 2.35. The fourth-order valence-corrected chi connectivity index (χ4v) is 2.26. The first-order valence-electron chi connectivity index (χ1n) is 5.69. The van der Waals surface area contributed by atoms with Crippen molar-refractivity contribution >= 4 is 17.1 Å². The second-order valence-corrected chi connectivity index (χ2v) is 5.72. The molecule has 2 unspecified atom stereocenters. The molecule has 3 nitrogen and oxygen atoms in total. The highest BCUT2D eigenvalue weighted by atomic mass is 32.2. The van der Waals surface area contributed by atoms with Gasteiger partial charge in [0, 0.05) is 17.7 Å². The second kappa shape index (κ2) is 6.32. The third-order valence-corrected chi connectivity index (χ3v) is 3.53. The molecule has 0 saturated heterocycles. The molecule has 0 fully saturated rings. The fourth-order valence-electron chi connectivity index (χ4n) is 1.47. The van der Waals surface area contributed by atoms with E-state index in [1.807, 2.05) is 0 Å². The van der Waals surface area contributed by atoms with Gasteiger partial charge in [-0.1, -0.05) is 6.08 Å². The fraction of sp³-hybridized carbons (Fsp3) is 0.308. The summed E-state index contributed by atoms with van der Waals surface area (Å²) in [5.74, 6) is -0.540. The van der Waals surface area contributed by atoms with E-state index in [9.17, 15) is 22.5 Å².